The van der Waals surface area contributed by atoms with Crippen molar-refractivity contribution in [3.05, 3.63) is 33.1 Å². The molecule has 0 spiro atoms. The van der Waals surface area contributed by atoms with Crippen LogP contribution < -0.4 is 10.6 Å². The molecule has 0 unspecified atom stereocenters. The monoisotopic (exact) mass is 372 g/mol. The van der Waals surface area contributed by atoms with Crippen molar-refractivity contribution in [1.29, 1.82) is 0 Å². The molecule has 2 N–H and O–H groups in total. The fourth-order valence-electron chi connectivity index (χ4n) is 1.27. The van der Waals surface area contributed by atoms with Crippen LogP contribution in [0.5, 0.6) is 0 Å². The van der Waals surface area contributed by atoms with Crippen LogP contribution in [0, 0.1) is 9.39 Å². The predicted octanol–water partition coefficient (Wildman–Crippen LogP) is 2.19. The Kier molecular flexibility index (Phi) is 8.45. The van der Waals surface area contributed by atoms with Gasteiger partial charge in [-0.15, -0.1) is 12.4 Å². The Morgan fingerprint density at radius 2 is 2.12 bits per heavy atom. The summed E-state index contributed by atoms with van der Waals surface area (Å²) >= 11 is 1.96. The van der Waals surface area contributed by atoms with Crippen LogP contribution >= 0.6 is 35.0 Å². The van der Waals surface area contributed by atoms with Crippen LogP contribution in [0.2, 0.25) is 0 Å². The lowest BCUT2D eigenvalue weighted by Crippen LogP contribution is -2.28. The summed E-state index contributed by atoms with van der Waals surface area (Å²) in [6.07, 6.45) is 0.827. The number of carbonyl (C=O) groups is 1. The molecular weight excluding hydrogens is 357 g/mol. The van der Waals surface area contributed by atoms with Gasteiger partial charge in [0.2, 0.25) is 0 Å². The summed E-state index contributed by atoms with van der Waals surface area (Å²) in [7, 11) is 1.85. The van der Waals surface area contributed by atoms with Crippen LogP contribution in [0.1, 0.15) is 16.8 Å². The maximum absolute atomic E-state index is 13.4. The number of rotatable bonds is 5. The van der Waals surface area contributed by atoms with Crippen molar-refractivity contribution in [2.24, 2.45) is 0 Å². The predicted molar refractivity (Wildman–Crippen MR) is 77.2 cm³/mol. The largest absolute Gasteiger partial charge is 0.352 e. The number of benzene rings is 1. The van der Waals surface area contributed by atoms with Gasteiger partial charge in [-0.3, -0.25) is 4.79 Å². The molecule has 0 aliphatic rings. The fraction of sp³-hybridized carbons (Fsp3) is 0.364. The van der Waals surface area contributed by atoms with E-state index in [2.05, 4.69) is 10.6 Å². The zero-order valence-corrected chi connectivity index (χ0v) is 12.4. The molecule has 1 rings (SSSR count). The third kappa shape index (κ3) is 5.18. The van der Waals surface area contributed by atoms with E-state index in [1.807, 2.05) is 29.6 Å². The van der Waals surface area contributed by atoms with Crippen molar-refractivity contribution in [2.45, 2.75) is 6.42 Å². The highest BCUT2D eigenvalue weighted by Gasteiger charge is 2.14. The molecule has 0 fully saturated rings. The van der Waals surface area contributed by atoms with Crippen molar-refractivity contribution < 1.29 is 9.18 Å². The first-order chi connectivity index (χ1) is 7.66. The van der Waals surface area contributed by atoms with Crippen LogP contribution in [-0.2, 0) is 0 Å². The molecule has 0 radical (unpaired) electrons. The van der Waals surface area contributed by atoms with E-state index in [9.17, 15) is 9.18 Å². The van der Waals surface area contributed by atoms with E-state index < -0.39 is 5.82 Å². The van der Waals surface area contributed by atoms with Gasteiger partial charge in [0.05, 0.1) is 5.56 Å². The zero-order chi connectivity index (χ0) is 12.0. The minimum absolute atomic E-state index is 0. The Bertz CT molecular complexity index is 356. The second kappa shape index (κ2) is 8.66. The molecule has 1 amide bonds. The van der Waals surface area contributed by atoms with E-state index in [0.717, 1.165) is 13.0 Å². The molecule has 0 bridgehead atoms. The second-order valence-corrected chi connectivity index (χ2v) is 4.47. The third-order valence-corrected chi connectivity index (χ3v) is 2.98. The number of hydrogen-bond acceptors (Lipinski definition) is 2. The SMILES string of the molecule is CNCCCNC(=O)c1c(F)cccc1I.Cl. The smallest absolute Gasteiger partial charge is 0.255 e. The highest BCUT2D eigenvalue weighted by molar-refractivity contribution is 14.1. The number of nitrogens with one attached hydrogen (secondary N) is 2. The number of halogens is 3. The van der Waals surface area contributed by atoms with Crippen molar-refractivity contribution in [3.63, 3.8) is 0 Å². The number of amides is 1. The van der Waals surface area contributed by atoms with Gasteiger partial charge in [-0.2, -0.15) is 0 Å². The Morgan fingerprint density at radius 1 is 1.41 bits per heavy atom. The van der Waals surface area contributed by atoms with Crippen molar-refractivity contribution in [2.75, 3.05) is 20.1 Å². The molecule has 0 aromatic heterocycles. The molecule has 0 saturated carbocycles. The second-order valence-electron chi connectivity index (χ2n) is 3.31. The van der Waals surface area contributed by atoms with E-state index in [0.29, 0.717) is 10.1 Å². The zero-order valence-electron chi connectivity index (χ0n) is 9.43. The van der Waals surface area contributed by atoms with Gasteiger partial charge < -0.3 is 10.6 Å². The molecule has 0 atom stereocenters. The normalized spacial score (nSPS) is 9.59. The Morgan fingerprint density at radius 3 is 2.71 bits per heavy atom. The van der Waals surface area contributed by atoms with Crippen LogP contribution in [0.3, 0.4) is 0 Å². The molecule has 17 heavy (non-hydrogen) atoms. The van der Waals surface area contributed by atoms with E-state index in [4.69, 9.17) is 0 Å². The lowest BCUT2D eigenvalue weighted by atomic mass is 10.2. The molecule has 3 nitrogen and oxygen atoms in total. The number of hydrogen-bond donors (Lipinski definition) is 2. The van der Waals surface area contributed by atoms with E-state index in [1.54, 1.807) is 12.1 Å². The summed E-state index contributed by atoms with van der Waals surface area (Å²) in [6, 6.07) is 4.60. The van der Waals surface area contributed by atoms with Crippen molar-refractivity contribution in [1.82, 2.24) is 10.6 Å². The van der Waals surface area contributed by atoms with E-state index in [-0.39, 0.29) is 23.9 Å². The molecule has 0 saturated heterocycles. The molecule has 6 heteroatoms. The summed E-state index contributed by atoms with van der Waals surface area (Å²) in [5.74, 6) is -0.823. The quantitative estimate of drug-likeness (QED) is 0.614. The average Bonchev–Trinajstić information content (AvgIpc) is 2.24. The molecule has 96 valence electrons. The number of carbonyl (C=O) groups excluding carboxylic acids is 1. The lowest BCUT2D eigenvalue weighted by molar-refractivity contribution is 0.0948. The molecule has 0 aliphatic carbocycles. The summed E-state index contributed by atoms with van der Waals surface area (Å²) in [5, 5.41) is 5.67. The van der Waals surface area contributed by atoms with Gasteiger partial charge in [0, 0.05) is 10.1 Å². The van der Waals surface area contributed by atoms with E-state index >= 15 is 0 Å². The summed E-state index contributed by atoms with van der Waals surface area (Å²) in [6.45, 7) is 1.37. The maximum Gasteiger partial charge on any atom is 0.255 e. The van der Waals surface area contributed by atoms with Crippen LogP contribution in [0.4, 0.5) is 4.39 Å². The molecule has 0 aliphatic heterocycles. The average molecular weight is 373 g/mol. The Balaban J connectivity index is 0.00000256. The maximum atomic E-state index is 13.4. The lowest BCUT2D eigenvalue weighted by Gasteiger charge is -2.07. The van der Waals surface area contributed by atoms with Crippen molar-refractivity contribution in [3.8, 4) is 0 Å². The van der Waals surface area contributed by atoms with Gasteiger partial charge >= 0.3 is 0 Å². The standard InChI is InChI=1S/C11H14FIN2O.ClH/c1-14-6-3-7-15-11(16)10-8(12)4-2-5-9(10)13;/h2,4-5,14H,3,6-7H2,1H3,(H,15,16);1H. The van der Waals surface area contributed by atoms with Gasteiger partial charge in [0.25, 0.3) is 5.91 Å². The van der Waals surface area contributed by atoms with Crippen LogP contribution in [0.15, 0.2) is 18.2 Å². The van der Waals surface area contributed by atoms with E-state index in [1.165, 1.54) is 6.07 Å². The molecule has 1 aromatic carbocycles. The van der Waals surface area contributed by atoms with Gasteiger partial charge in [-0.25, -0.2) is 4.39 Å². The van der Waals surface area contributed by atoms with Crippen molar-refractivity contribution >= 4 is 40.9 Å². The summed E-state index contributed by atoms with van der Waals surface area (Å²) < 4.78 is 14.0. The van der Waals surface area contributed by atoms with Crippen LogP contribution in [-0.4, -0.2) is 26.0 Å². The van der Waals surface area contributed by atoms with Gasteiger partial charge in [-0.1, -0.05) is 6.07 Å². The Hall–Kier alpha value is -0.400. The topological polar surface area (TPSA) is 41.1 Å². The molecule has 0 heterocycles. The first-order valence-electron chi connectivity index (χ1n) is 5.03. The minimum atomic E-state index is -0.474. The molecular formula is C11H15ClFIN2O. The third-order valence-electron chi connectivity index (χ3n) is 2.08. The summed E-state index contributed by atoms with van der Waals surface area (Å²) in [5.41, 5.74) is 0.132. The highest BCUT2D eigenvalue weighted by Crippen LogP contribution is 2.15. The fourth-order valence-corrected chi connectivity index (χ4v) is 1.98. The van der Waals surface area contributed by atoms with Gasteiger partial charge in [0.15, 0.2) is 0 Å². The highest BCUT2D eigenvalue weighted by atomic mass is 127. The van der Waals surface area contributed by atoms with Gasteiger partial charge in [-0.05, 0) is 54.7 Å². The first-order valence-corrected chi connectivity index (χ1v) is 6.11. The van der Waals surface area contributed by atoms with Gasteiger partial charge in [0.1, 0.15) is 5.82 Å². The molecule has 1 aromatic rings. The Labute approximate surface area is 120 Å². The first kappa shape index (κ1) is 16.6. The summed E-state index contributed by atoms with van der Waals surface area (Å²) in [4.78, 5) is 11.7. The minimum Gasteiger partial charge on any atom is -0.352 e. The van der Waals surface area contributed by atoms with Crippen LogP contribution in [0.25, 0.3) is 0 Å².